The number of carbonyl (C=O) groups excluding carboxylic acids is 1. The molecular weight excluding hydrogens is 237 g/mol. The van der Waals surface area contributed by atoms with E-state index in [0.29, 0.717) is 0 Å². The van der Waals surface area contributed by atoms with Gasteiger partial charge < -0.3 is 16.2 Å². The average Bonchev–Trinajstić information content (AvgIpc) is 2.25. The van der Waals surface area contributed by atoms with Crippen LogP contribution in [0.4, 0.5) is 13.2 Å². The molecule has 4 N–H and O–H groups in total. The SMILES string of the molecule is NC(=O)C(N)COc1cccc(C(F)(F)F)c1. The molecule has 1 atom stereocenters. The van der Waals surface area contributed by atoms with Crippen molar-refractivity contribution in [3.8, 4) is 5.75 Å². The van der Waals surface area contributed by atoms with Gasteiger partial charge >= 0.3 is 6.18 Å². The van der Waals surface area contributed by atoms with Crippen LogP contribution in [0.3, 0.4) is 0 Å². The molecule has 1 rings (SSSR count). The second-order valence-corrected chi connectivity index (χ2v) is 3.35. The molecule has 0 aliphatic heterocycles. The number of rotatable bonds is 4. The zero-order valence-corrected chi connectivity index (χ0v) is 8.70. The third-order valence-electron chi connectivity index (χ3n) is 1.96. The Hall–Kier alpha value is -1.76. The summed E-state index contributed by atoms with van der Waals surface area (Å²) in [4.78, 5) is 10.6. The van der Waals surface area contributed by atoms with Crippen molar-refractivity contribution >= 4 is 5.91 Å². The summed E-state index contributed by atoms with van der Waals surface area (Å²) >= 11 is 0. The number of hydrogen-bond acceptors (Lipinski definition) is 3. The van der Waals surface area contributed by atoms with Gasteiger partial charge in [0.1, 0.15) is 18.4 Å². The maximum absolute atomic E-state index is 12.3. The first kappa shape index (κ1) is 13.3. The molecule has 0 aromatic heterocycles. The monoisotopic (exact) mass is 248 g/mol. The van der Waals surface area contributed by atoms with Crippen LogP contribution in [-0.2, 0) is 11.0 Å². The maximum Gasteiger partial charge on any atom is 0.416 e. The molecule has 1 aromatic carbocycles. The normalized spacial score (nSPS) is 13.2. The molecule has 0 radical (unpaired) electrons. The Morgan fingerprint density at radius 2 is 2.06 bits per heavy atom. The molecule has 0 heterocycles. The fraction of sp³-hybridized carbons (Fsp3) is 0.300. The molecule has 1 unspecified atom stereocenters. The van der Waals surface area contributed by atoms with Gasteiger partial charge in [-0.2, -0.15) is 13.2 Å². The summed E-state index contributed by atoms with van der Waals surface area (Å²) in [5.41, 5.74) is 9.31. The summed E-state index contributed by atoms with van der Waals surface area (Å²) in [6.07, 6.45) is -4.44. The summed E-state index contributed by atoms with van der Waals surface area (Å²) in [7, 11) is 0. The van der Waals surface area contributed by atoms with E-state index in [1.807, 2.05) is 0 Å². The summed E-state index contributed by atoms with van der Waals surface area (Å²) in [6, 6.07) is 3.23. The second-order valence-electron chi connectivity index (χ2n) is 3.35. The van der Waals surface area contributed by atoms with Crippen molar-refractivity contribution in [2.45, 2.75) is 12.2 Å². The van der Waals surface area contributed by atoms with E-state index in [4.69, 9.17) is 16.2 Å². The van der Waals surface area contributed by atoms with Crippen molar-refractivity contribution in [2.24, 2.45) is 11.5 Å². The number of alkyl halides is 3. The van der Waals surface area contributed by atoms with Crippen LogP contribution in [-0.4, -0.2) is 18.6 Å². The van der Waals surface area contributed by atoms with Crippen LogP contribution in [0, 0.1) is 0 Å². The molecule has 0 saturated carbocycles. The van der Waals surface area contributed by atoms with Crippen LogP contribution < -0.4 is 16.2 Å². The summed E-state index contributed by atoms with van der Waals surface area (Å²) in [6.45, 7) is -0.267. The standard InChI is InChI=1S/C10H11F3N2O2/c11-10(12,13)6-2-1-3-7(4-6)17-5-8(14)9(15)16/h1-4,8H,5,14H2,(H2,15,16). The van der Waals surface area contributed by atoms with Gasteiger partial charge in [-0.15, -0.1) is 0 Å². The van der Waals surface area contributed by atoms with E-state index >= 15 is 0 Å². The van der Waals surface area contributed by atoms with Crippen LogP contribution in [0.15, 0.2) is 24.3 Å². The van der Waals surface area contributed by atoms with Crippen LogP contribution in [0.1, 0.15) is 5.56 Å². The first-order chi connectivity index (χ1) is 7.80. The molecule has 4 nitrogen and oxygen atoms in total. The fourth-order valence-electron chi connectivity index (χ4n) is 1.03. The molecule has 7 heteroatoms. The highest BCUT2D eigenvalue weighted by atomic mass is 19.4. The zero-order valence-electron chi connectivity index (χ0n) is 8.70. The predicted molar refractivity (Wildman–Crippen MR) is 54.1 cm³/mol. The van der Waals surface area contributed by atoms with Crippen LogP contribution >= 0.6 is 0 Å². The summed E-state index contributed by atoms with van der Waals surface area (Å²) in [5, 5.41) is 0. The Labute approximate surface area is 95.3 Å². The average molecular weight is 248 g/mol. The van der Waals surface area contributed by atoms with E-state index in [1.165, 1.54) is 12.1 Å². The van der Waals surface area contributed by atoms with Crippen molar-refractivity contribution in [2.75, 3.05) is 6.61 Å². The van der Waals surface area contributed by atoms with Crippen molar-refractivity contribution in [3.63, 3.8) is 0 Å². The third kappa shape index (κ3) is 3.95. The van der Waals surface area contributed by atoms with E-state index in [2.05, 4.69) is 0 Å². The van der Waals surface area contributed by atoms with Crippen molar-refractivity contribution in [1.29, 1.82) is 0 Å². The predicted octanol–water partition coefficient (Wildman–Crippen LogP) is 0.897. The van der Waals surface area contributed by atoms with E-state index in [1.54, 1.807) is 0 Å². The molecule has 0 bridgehead atoms. The van der Waals surface area contributed by atoms with Gasteiger partial charge in [0.25, 0.3) is 0 Å². The Bertz CT molecular complexity index is 407. The number of nitrogens with two attached hydrogens (primary N) is 2. The molecule has 0 saturated heterocycles. The smallest absolute Gasteiger partial charge is 0.416 e. The molecule has 0 fully saturated rings. The molecule has 94 valence electrons. The topological polar surface area (TPSA) is 78.3 Å². The Kier molecular flexibility index (Phi) is 3.95. The minimum atomic E-state index is -4.44. The molecule has 0 spiro atoms. The molecular formula is C10H11F3N2O2. The highest BCUT2D eigenvalue weighted by molar-refractivity contribution is 5.79. The van der Waals surface area contributed by atoms with Gasteiger partial charge in [0.2, 0.25) is 5.91 Å². The Morgan fingerprint density at radius 3 is 2.59 bits per heavy atom. The summed E-state index contributed by atoms with van der Waals surface area (Å²) < 4.78 is 42.0. The fourth-order valence-corrected chi connectivity index (χ4v) is 1.03. The van der Waals surface area contributed by atoms with Crippen LogP contribution in [0.25, 0.3) is 0 Å². The minimum absolute atomic E-state index is 0.0171. The lowest BCUT2D eigenvalue weighted by Crippen LogP contribution is -2.41. The number of ether oxygens (including phenoxy) is 1. The number of halogens is 3. The van der Waals surface area contributed by atoms with Gasteiger partial charge in [0.15, 0.2) is 0 Å². The lowest BCUT2D eigenvalue weighted by atomic mass is 10.2. The van der Waals surface area contributed by atoms with Gasteiger partial charge in [0.05, 0.1) is 5.56 Å². The highest BCUT2D eigenvalue weighted by Gasteiger charge is 2.30. The lowest BCUT2D eigenvalue weighted by molar-refractivity contribution is -0.137. The zero-order chi connectivity index (χ0) is 13.1. The Morgan fingerprint density at radius 1 is 1.41 bits per heavy atom. The first-order valence-corrected chi connectivity index (χ1v) is 4.65. The van der Waals surface area contributed by atoms with Crippen molar-refractivity contribution in [1.82, 2.24) is 0 Å². The van der Waals surface area contributed by atoms with Gasteiger partial charge in [-0.1, -0.05) is 6.07 Å². The largest absolute Gasteiger partial charge is 0.491 e. The molecule has 1 aromatic rings. The van der Waals surface area contributed by atoms with Gasteiger partial charge in [0, 0.05) is 0 Å². The maximum atomic E-state index is 12.3. The number of hydrogen-bond donors (Lipinski definition) is 2. The highest BCUT2D eigenvalue weighted by Crippen LogP contribution is 2.31. The second kappa shape index (κ2) is 5.05. The Balaban J connectivity index is 2.70. The molecule has 0 aliphatic carbocycles. The van der Waals surface area contributed by atoms with Gasteiger partial charge in [-0.25, -0.2) is 0 Å². The minimum Gasteiger partial charge on any atom is -0.491 e. The van der Waals surface area contributed by atoms with E-state index in [-0.39, 0.29) is 12.4 Å². The van der Waals surface area contributed by atoms with Gasteiger partial charge in [-0.3, -0.25) is 4.79 Å². The van der Waals surface area contributed by atoms with Crippen molar-refractivity contribution < 1.29 is 22.7 Å². The third-order valence-corrected chi connectivity index (χ3v) is 1.96. The first-order valence-electron chi connectivity index (χ1n) is 4.65. The number of benzene rings is 1. The molecule has 17 heavy (non-hydrogen) atoms. The number of amides is 1. The molecule has 1 amide bonds. The quantitative estimate of drug-likeness (QED) is 0.830. The van der Waals surface area contributed by atoms with Crippen LogP contribution in [0.5, 0.6) is 5.75 Å². The van der Waals surface area contributed by atoms with E-state index in [9.17, 15) is 18.0 Å². The van der Waals surface area contributed by atoms with E-state index < -0.39 is 23.7 Å². The van der Waals surface area contributed by atoms with E-state index in [0.717, 1.165) is 12.1 Å². The van der Waals surface area contributed by atoms with Crippen LogP contribution in [0.2, 0.25) is 0 Å². The van der Waals surface area contributed by atoms with Gasteiger partial charge in [-0.05, 0) is 18.2 Å². The molecule has 0 aliphatic rings. The number of primary amides is 1. The number of carbonyl (C=O) groups is 1. The van der Waals surface area contributed by atoms with Crippen molar-refractivity contribution in [3.05, 3.63) is 29.8 Å². The summed E-state index contributed by atoms with van der Waals surface area (Å²) in [5.74, 6) is -0.798. The lowest BCUT2D eigenvalue weighted by Gasteiger charge is -2.12.